The van der Waals surface area contributed by atoms with Gasteiger partial charge >= 0.3 is 11.9 Å². The van der Waals surface area contributed by atoms with Crippen LogP contribution in [-0.4, -0.2) is 34.4 Å². The molecule has 1 aromatic carbocycles. The molecule has 0 aliphatic heterocycles. The molecule has 0 aliphatic carbocycles. The highest BCUT2D eigenvalue weighted by atomic mass is 16.6. The van der Waals surface area contributed by atoms with Crippen molar-refractivity contribution < 1.29 is 24.5 Å². The molecule has 0 amide bonds. The van der Waals surface area contributed by atoms with E-state index >= 15 is 0 Å². The van der Waals surface area contributed by atoms with Crippen molar-refractivity contribution >= 4 is 18.0 Å². The molecule has 0 aromatic heterocycles. The molecule has 142 valence electrons. The number of carbonyl (C=O) groups is 2. The molecule has 3 atom stereocenters. The van der Waals surface area contributed by atoms with Crippen LogP contribution in [0, 0.1) is 11.8 Å². The molecular weight excluding hydrogens is 332 g/mol. The average Bonchev–Trinajstić information content (AvgIpc) is 2.58. The van der Waals surface area contributed by atoms with Crippen molar-refractivity contribution in [1.29, 1.82) is 0 Å². The Kier molecular flexibility index (Phi) is 9.37. The molecule has 5 nitrogen and oxygen atoms in total. The highest BCUT2D eigenvalue weighted by Crippen LogP contribution is 2.18. The molecule has 0 aliphatic rings. The summed E-state index contributed by atoms with van der Waals surface area (Å²) < 4.78 is 5.46. The van der Waals surface area contributed by atoms with Crippen LogP contribution in [0.3, 0.4) is 0 Å². The second-order valence-corrected chi connectivity index (χ2v) is 6.73. The zero-order valence-electron chi connectivity index (χ0n) is 15.5. The molecule has 0 bridgehead atoms. The molecule has 1 aromatic rings. The van der Waals surface area contributed by atoms with Crippen LogP contribution >= 0.6 is 0 Å². The number of rotatable bonds is 10. The van der Waals surface area contributed by atoms with Crippen LogP contribution in [0.4, 0.5) is 0 Å². The van der Waals surface area contributed by atoms with E-state index in [1.807, 2.05) is 63.3 Å². The fraction of sp³-hybridized carbons (Fsp3) is 0.429. The second kappa shape index (κ2) is 11.3. The van der Waals surface area contributed by atoms with E-state index in [1.165, 1.54) is 6.08 Å². The third-order valence-corrected chi connectivity index (χ3v) is 3.84. The first-order valence-electron chi connectivity index (χ1n) is 8.80. The van der Waals surface area contributed by atoms with Crippen LogP contribution in [0.1, 0.15) is 39.2 Å². The van der Waals surface area contributed by atoms with Gasteiger partial charge in [0.15, 0.2) is 6.10 Å². The minimum atomic E-state index is -1.17. The monoisotopic (exact) mass is 360 g/mol. The van der Waals surface area contributed by atoms with Crippen molar-refractivity contribution in [3.63, 3.8) is 0 Å². The first kappa shape index (κ1) is 21.6. The number of benzene rings is 1. The molecule has 5 heteroatoms. The van der Waals surface area contributed by atoms with Gasteiger partial charge in [0, 0.05) is 18.4 Å². The number of aliphatic hydroxyl groups is 1. The predicted molar refractivity (Wildman–Crippen MR) is 101 cm³/mol. The van der Waals surface area contributed by atoms with Crippen molar-refractivity contribution in [2.24, 2.45) is 11.8 Å². The van der Waals surface area contributed by atoms with Crippen LogP contribution in [-0.2, 0) is 14.3 Å². The number of hydrogen-bond acceptors (Lipinski definition) is 4. The SMILES string of the molecule is CC(C)C[C@H](O)C(=O)O[C@@H](C/C=C/C(=O)O)[C@H](C)/C=C/c1ccccc1. The molecule has 0 fully saturated rings. The largest absolute Gasteiger partial charge is 0.478 e. The Morgan fingerprint density at radius 2 is 1.81 bits per heavy atom. The molecule has 0 heterocycles. The number of ether oxygens (including phenoxy) is 1. The number of carbonyl (C=O) groups excluding carboxylic acids is 1. The lowest BCUT2D eigenvalue weighted by molar-refractivity contribution is -0.161. The van der Waals surface area contributed by atoms with Gasteiger partial charge in [0.1, 0.15) is 6.10 Å². The summed E-state index contributed by atoms with van der Waals surface area (Å²) in [6.07, 6.45) is 5.18. The zero-order valence-corrected chi connectivity index (χ0v) is 15.5. The Morgan fingerprint density at radius 3 is 2.38 bits per heavy atom. The standard InChI is InChI=1S/C21H28O5/c1-15(2)14-18(22)21(25)26-19(10-7-11-20(23)24)16(3)12-13-17-8-5-4-6-9-17/h4-9,11-13,15-16,18-19,22H,10,14H2,1-3H3,(H,23,24)/b11-7+,13-12+/t16-,18+,19+/m1/s1. The van der Waals surface area contributed by atoms with Crippen LogP contribution in [0.25, 0.3) is 6.08 Å². The van der Waals surface area contributed by atoms with E-state index in [9.17, 15) is 14.7 Å². The van der Waals surface area contributed by atoms with Crippen LogP contribution in [0.2, 0.25) is 0 Å². The van der Waals surface area contributed by atoms with E-state index in [0.29, 0.717) is 6.42 Å². The minimum Gasteiger partial charge on any atom is -0.478 e. The molecule has 0 spiro atoms. The van der Waals surface area contributed by atoms with Gasteiger partial charge in [0.2, 0.25) is 0 Å². The molecule has 26 heavy (non-hydrogen) atoms. The van der Waals surface area contributed by atoms with Gasteiger partial charge in [-0.1, -0.05) is 69.3 Å². The average molecular weight is 360 g/mol. The van der Waals surface area contributed by atoms with Crippen molar-refractivity contribution in [1.82, 2.24) is 0 Å². The highest BCUT2D eigenvalue weighted by Gasteiger charge is 2.24. The Labute approximate surface area is 155 Å². The van der Waals surface area contributed by atoms with Crippen LogP contribution < -0.4 is 0 Å². The summed E-state index contributed by atoms with van der Waals surface area (Å²) in [5.74, 6) is -1.71. The molecule has 2 N–H and O–H groups in total. The van der Waals surface area contributed by atoms with E-state index in [2.05, 4.69) is 0 Å². The van der Waals surface area contributed by atoms with Crippen molar-refractivity contribution in [2.45, 2.75) is 45.8 Å². The van der Waals surface area contributed by atoms with Crippen molar-refractivity contribution in [2.75, 3.05) is 0 Å². The molecular formula is C21H28O5. The summed E-state index contributed by atoms with van der Waals surface area (Å²) >= 11 is 0. The topological polar surface area (TPSA) is 83.8 Å². The Balaban J connectivity index is 2.80. The van der Waals surface area contributed by atoms with E-state index in [-0.39, 0.29) is 18.3 Å². The van der Waals surface area contributed by atoms with Gasteiger partial charge in [0.25, 0.3) is 0 Å². The number of carboxylic acid groups (broad SMARTS) is 1. The van der Waals surface area contributed by atoms with Gasteiger partial charge in [-0.15, -0.1) is 0 Å². The fourth-order valence-electron chi connectivity index (χ4n) is 2.39. The normalized spacial score (nSPS) is 15.3. The number of aliphatic hydroxyl groups excluding tert-OH is 1. The molecule has 0 saturated carbocycles. The van der Waals surface area contributed by atoms with E-state index < -0.39 is 24.1 Å². The molecule has 1 rings (SSSR count). The van der Waals surface area contributed by atoms with E-state index in [1.54, 1.807) is 0 Å². The van der Waals surface area contributed by atoms with Gasteiger partial charge in [-0.25, -0.2) is 9.59 Å². The van der Waals surface area contributed by atoms with E-state index in [0.717, 1.165) is 11.6 Å². The Bertz CT molecular complexity index is 619. The summed E-state index contributed by atoms with van der Waals surface area (Å²) in [5.41, 5.74) is 1.02. The fourth-order valence-corrected chi connectivity index (χ4v) is 2.39. The van der Waals surface area contributed by atoms with Crippen LogP contribution in [0.15, 0.2) is 48.6 Å². The second-order valence-electron chi connectivity index (χ2n) is 6.73. The lowest BCUT2D eigenvalue weighted by Gasteiger charge is -2.23. The molecule has 0 unspecified atom stereocenters. The van der Waals surface area contributed by atoms with Gasteiger partial charge in [-0.2, -0.15) is 0 Å². The third-order valence-electron chi connectivity index (χ3n) is 3.84. The Hall–Kier alpha value is -2.40. The smallest absolute Gasteiger partial charge is 0.335 e. The lowest BCUT2D eigenvalue weighted by atomic mass is 9.99. The molecule has 0 saturated heterocycles. The highest BCUT2D eigenvalue weighted by molar-refractivity contribution is 5.79. The van der Waals surface area contributed by atoms with Gasteiger partial charge < -0.3 is 14.9 Å². The summed E-state index contributed by atoms with van der Waals surface area (Å²) in [4.78, 5) is 22.8. The molecule has 0 radical (unpaired) electrons. The van der Waals surface area contributed by atoms with Gasteiger partial charge in [-0.3, -0.25) is 0 Å². The first-order valence-corrected chi connectivity index (χ1v) is 8.80. The van der Waals surface area contributed by atoms with Crippen molar-refractivity contribution in [3.8, 4) is 0 Å². The van der Waals surface area contributed by atoms with Gasteiger partial charge in [0.05, 0.1) is 0 Å². The minimum absolute atomic E-state index is 0.149. The summed E-state index contributed by atoms with van der Waals surface area (Å²) in [5, 5.41) is 18.7. The maximum absolute atomic E-state index is 12.1. The quantitative estimate of drug-likeness (QED) is 0.491. The predicted octanol–water partition coefficient (Wildman–Crippen LogP) is 3.69. The number of hydrogen-bond donors (Lipinski definition) is 2. The summed E-state index contributed by atoms with van der Waals surface area (Å²) in [6.45, 7) is 5.71. The zero-order chi connectivity index (χ0) is 19.5. The first-order chi connectivity index (χ1) is 12.3. The summed E-state index contributed by atoms with van der Waals surface area (Å²) in [6, 6.07) is 9.71. The Morgan fingerprint density at radius 1 is 1.15 bits per heavy atom. The maximum Gasteiger partial charge on any atom is 0.335 e. The number of esters is 1. The number of carboxylic acids is 1. The maximum atomic E-state index is 12.1. The van der Waals surface area contributed by atoms with Gasteiger partial charge in [-0.05, 0) is 17.9 Å². The third kappa shape index (κ3) is 8.62. The van der Waals surface area contributed by atoms with Crippen LogP contribution in [0.5, 0.6) is 0 Å². The van der Waals surface area contributed by atoms with E-state index in [4.69, 9.17) is 9.84 Å². The summed E-state index contributed by atoms with van der Waals surface area (Å²) in [7, 11) is 0. The lowest BCUT2D eigenvalue weighted by Crippen LogP contribution is -2.31. The number of aliphatic carboxylic acids is 1. The van der Waals surface area contributed by atoms with Crippen molar-refractivity contribution in [3.05, 3.63) is 54.1 Å².